The highest BCUT2D eigenvalue weighted by atomic mass is 19.4. The van der Waals surface area contributed by atoms with E-state index >= 15 is 0 Å². The van der Waals surface area contributed by atoms with Crippen LogP contribution in [0.2, 0.25) is 0 Å². The highest BCUT2D eigenvalue weighted by Gasteiger charge is 2.30. The summed E-state index contributed by atoms with van der Waals surface area (Å²) in [5.74, 6) is -0.374. The first-order chi connectivity index (χ1) is 12.2. The number of hydrogen-bond donors (Lipinski definition) is 0. The summed E-state index contributed by atoms with van der Waals surface area (Å²) in [7, 11) is 0. The quantitative estimate of drug-likeness (QED) is 0.523. The van der Waals surface area contributed by atoms with E-state index in [9.17, 15) is 28.1 Å². The molecular weight excluding hydrogens is 355 g/mol. The molecule has 1 heterocycles. The molecule has 0 atom stereocenters. The monoisotopic (exact) mass is 365 g/mol. The average molecular weight is 365 g/mol. The van der Waals surface area contributed by atoms with Gasteiger partial charge in [-0.2, -0.15) is 0 Å². The van der Waals surface area contributed by atoms with Gasteiger partial charge in [0.2, 0.25) is 0 Å². The van der Waals surface area contributed by atoms with Gasteiger partial charge in [-0.25, -0.2) is 4.98 Å². The van der Waals surface area contributed by atoms with Crippen LogP contribution in [0, 0.1) is 10.1 Å². The standard InChI is InChI=1S/C16H10F3N3O4/c17-16(18,19)26-12-4-1-10(2-5-12)8-21-9-20-14-6-3-11(22(24)25)7-13(14)15(21)23/h1-7,9H,8H2. The molecule has 0 saturated heterocycles. The average Bonchev–Trinajstić information content (AvgIpc) is 2.57. The number of hydrogen-bond acceptors (Lipinski definition) is 5. The number of nitro groups is 1. The van der Waals surface area contributed by atoms with Gasteiger partial charge in [0, 0.05) is 12.1 Å². The zero-order chi connectivity index (χ0) is 18.9. The molecule has 0 aliphatic carbocycles. The molecule has 0 aliphatic rings. The minimum atomic E-state index is -4.78. The molecule has 1 aromatic heterocycles. The van der Waals surface area contributed by atoms with Gasteiger partial charge < -0.3 is 4.74 Å². The molecular formula is C16H10F3N3O4. The minimum Gasteiger partial charge on any atom is -0.406 e. The van der Waals surface area contributed by atoms with Crippen LogP contribution in [0.3, 0.4) is 0 Å². The number of nitrogens with zero attached hydrogens (tertiary/aromatic N) is 3. The van der Waals surface area contributed by atoms with Crippen molar-refractivity contribution in [2.24, 2.45) is 0 Å². The molecule has 2 aromatic carbocycles. The maximum atomic E-state index is 12.5. The van der Waals surface area contributed by atoms with Crippen molar-refractivity contribution >= 4 is 16.6 Å². The van der Waals surface area contributed by atoms with Crippen LogP contribution >= 0.6 is 0 Å². The Hall–Kier alpha value is -3.43. The van der Waals surface area contributed by atoms with Crippen LogP contribution in [0.5, 0.6) is 5.75 Å². The Morgan fingerprint density at radius 3 is 2.46 bits per heavy atom. The number of fused-ring (bicyclic) bond motifs is 1. The topological polar surface area (TPSA) is 87.3 Å². The maximum Gasteiger partial charge on any atom is 0.573 e. The summed E-state index contributed by atoms with van der Waals surface area (Å²) in [6.45, 7) is 0.0385. The van der Waals surface area contributed by atoms with E-state index in [0.29, 0.717) is 11.1 Å². The van der Waals surface area contributed by atoms with Crippen molar-refractivity contribution in [3.8, 4) is 5.75 Å². The molecule has 0 amide bonds. The molecule has 0 fully saturated rings. The Morgan fingerprint density at radius 2 is 1.85 bits per heavy atom. The van der Waals surface area contributed by atoms with E-state index in [1.54, 1.807) is 0 Å². The first-order valence-corrected chi connectivity index (χ1v) is 7.21. The normalized spacial score (nSPS) is 11.5. The van der Waals surface area contributed by atoms with Crippen LogP contribution in [0.1, 0.15) is 5.56 Å². The van der Waals surface area contributed by atoms with Gasteiger partial charge in [-0.05, 0) is 23.8 Å². The number of rotatable bonds is 4. The van der Waals surface area contributed by atoms with Crippen molar-refractivity contribution in [1.82, 2.24) is 9.55 Å². The lowest BCUT2D eigenvalue weighted by molar-refractivity contribution is -0.384. The maximum absolute atomic E-state index is 12.5. The molecule has 0 radical (unpaired) electrons. The third-order valence-corrected chi connectivity index (χ3v) is 3.53. The highest BCUT2D eigenvalue weighted by Crippen LogP contribution is 2.23. The lowest BCUT2D eigenvalue weighted by Gasteiger charge is -2.10. The second-order valence-corrected chi connectivity index (χ2v) is 5.33. The summed E-state index contributed by atoms with van der Waals surface area (Å²) >= 11 is 0. The zero-order valence-corrected chi connectivity index (χ0v) is 12.9. The predicted molar refractivity (Wildman–Crippen MR) is 84.9 cm³/mol. The third kappa shape index (κ3) is 3.79. The van der Waals surface area contributed by atoms with E-state index in [4.69, 9.17) is 0 Å². The molecule has 3 aromatic rings. The fourth-order valence-corrected chi connectivity index (χ4v) is 2.37. The van der Waals surface area contributed by atoms with Crippen LogP contribution in [0.15, 0.2) is 53.6 Å². The van der Waals surface area contributed by atoms with Gasteiger partial charge in [0.25, 0.3) is 11.2 Å². The van der Waals surface area contributed by atoms with E-state index in [1.165, 1.54) is 35.2 Å². The number of benzene rings is 2. The number of nitro benzene ring substituents is 1. The summed E-state index contributed by atoms with van der Waals surface area (Å²) < 4.78 is 41.5. The Labute approximate surface area is 143 Å². The molecule has 0 aliphatic heterocycles. The smallest absolute Gasteiger partial charge is 0.406 e. The van der Waals surface area contributed by atoms with Crippen LogP contribution in [0.25, 0.3) is 10.9 Å². The molecule has 0 bridgehead atoms. The van der Waals surface area contributed by atoms with Crippen molar-refractivity contribution in [3.63, 3.8) is 0 Å². The fourth-order valence-electron chi connectivity index (χ4n) is 2.37. The Balaban J connectivity index is 1.90. The highest BCUT2D eigenvalue weighted by molar-refractivity contribution is 5.79. The van der Waals surface area contributed by atoms with E-state index in [0.717, 1.165) is 18.2 Å². The van der Waals surface area contributed by atoms with Crippen molar-refractivity contribution in [1.29, 1.82) is 0 Å². The van der Waals surface area contributed by atoms with E-state index in [2.05, 4.69) is 9.72 Å². The summed E-state index contributed by atoms with van der Waals surface area (Å²) in [6.07, 6.45) is -3.51. The summed E-state index contributed by atoms with van der Waals surface area (Å²) in [4.78, 5) is 26.8. The lowest BCUT2D eigenvalue weighted by atomic mass is 10.2. The largest absolute Gasteiger partial charge is 0.573 e. The number of non-ortho nitro benzene ring substituents is 1. The Kier molecular flexibility index (Phi) is 4.33. The van der Waals surface area contributed by atoms with E-state index < -0.39 is 16.8 Å². The summed E-state index contributed by atoms with van der Waals surface area (Å²) in [6, 6.07) is 8.79. The van der Waals surface area contributed by atoms with Crippen molar-refractivity contribution in [2.75, 3.05) is 0 Å². The Bertz CT molecular complexity index is 1030. The minimum absolute atomic E-state index is 0.0385. The molecule has 0 spiro atoms. The molecule has 26 heavy (non-hydrogen) atoms. The molecule has 134 valence electrons. The number of aromatic nitrogens is 2. The number of alkyl halides is 3. The van der Waals surface area contributed by atoms with Crippen LogP contribution in [-0.4, -0.2) is 20.8 Å². The first-order valence-electron chi connectivity index (χ1n) is 7.21. The summed E-state index contributed by atoms with van der Waals surface area (Å²) in [5, 5.41) is 10.9. The molecule has 0 saturated carbocycles. The Morgan fingerprint density at radius 1 is 1.15 bits per heavy atom. The van der Waals surface area contributed by atoms with Crippen LogP contribution < -0.4 is 10.3 Å². The molecule has 3 rings (SSSR count). The number of halogens is 3. The van der Waals surface area contributed by atoms with Crippen molar-refractivity contribution in [2.45, 2.75) is 12.9 Å². The van der Waals surface area contributed by atoms with Gasteiger partial charge >= 0.3 is 6.36 Å². The van der Waals surface area contributed by atoms with E-state index in [1.807, 2.05) is 0 Å². The molecule has 7 nitrogen and oxygen atoms in total. The molecule has 0 unspecified atom stereocenters. The van der Waals surface area contributed by atoms with Crippen molar-refractivity contribution < 1.29 is 22.8 Å². The zero-order valence-electron chi connectivity index (χ0n) is 12.9. The second kappa shape index (κ2) is 6.47. The van der Waals surface area contributed by atoms with Crippen LogP contribution in [0.4, 0.5) is 18.9 Å². The van der Waals surface area contributed by atoms with Gasteiger partial charge in [0.1, 0.15) is 5.75 Å². The second-order valence-electron chi connectivity index (χ2n) is 5.33. The summed E-state index contributed by atoms with van der Waals surface area (Å²) in [5.41, 5.74) is 0.121. The molecule has 10 heteroatoms. The van der Waals surface area contributed by atoms with Gasteiger partial charge in [0.15, 0.2) is 0 Å². The van der Waals surface area contributed by atoms with Gasteiger partial charge in [0.05, 0.1) is 28.7 Å². The number of ether oxygens (including phenoxy) is 1. The van der Waals surface area contributed by atoms with Crippen molar-refractivity contribution in [3.05, 3.63) is 74.8 Å². The predicted octanol–water partition coefficient (Wildman–Crippen LogP) is 3.25. The molecule has 0 N–H and O–H groups in total. The SMILES string of the molecule is O=c1c2cc([N+](=O)[O-])ccc2ncn1Cc1ccc(OC(F)(F)F)cc1. The van der Waals surface area contributed by atoms with Gasteiger partial charge in [-0.1, -0.05) is 12.1 Å². The first kappa shape index (κ1) is 17.4. The van der Waals surface area contributed by atoms with Gasteiger partial charge in [-0.15, -0.1) is 13.2 Å². The lowest BCUT2D eigenvalue weighted by Crippen LogP contribution is -2.21. The van der Waals surface area contributed by atoms with Crippen LogP contribution in [-0.2, 0) is 6.54 Å². The van der Waals surface area contributed by atoms with Gasteiger partial charge in [-0.3, -0.25) is 19.5 Å². The third-order valence-electron chi connectivity index (χ3n) is 3.53. The van der Waals surface area contributed by atoms with E-state index in [-0.39, 0.29) is 23.4 Å². The fraction of sp³-hybridized carbons (Fsp3) is 0.125.